The van der Waals surface area contributed by atoms with Crippen LogP contribution < -0.4 is 0 Å². The topological polar surface area (TPSA) is 36.4 Å². The summed E-state index contributed by atoms with van der Waals surface area (Å²) in [7, 11) is 1.93. The largest absolute Gasteiger partial charge is 0.389 e. The zero-order chi connectivity index (χ0) is 14.8. The molecule has 0 aliphatic heterocycles. The van der Waals surface area contributed by atoms with E-state index in [4.69, 9.17) is 0 Å². The molecule has 5 heteroatoms. The molecule has 20 heavy (non-hydrogen) atoms. The molecule has 0 radical (unpaired) electrons. The number of benzene rings is 1. The third-order valence-electron chi connectivity index (χ3n) is 2.74. The third kappa shape index (κ3) is 4.10. The Morgan fingerprint density at radius 1 is 1.35 bits per heavy atom. The first-order valence-electron chi connectivity index (χ1n) is 6.45. The number of aromatic nitrogens is 1. The quantitative estimate of drug-likeness (QED) is 0.920. The maximum absolute atomic E-state index is 13.7. The lowest BCUT2D eigenvalue weighted by atomic mass is 10.1. The van der Waals surface area contributed by atoms with E-state index in [-0.39, 0.29) is 5.82 Å². The molecular formula is C15H19FN2OS. The van der Waals surface area contributed by atoms with Crippen molar-refractivity contribution in [3.63, 3.8) is 0 Å². The molecule has 1 aromatic carbocycles. The molecule has 108 valence electrons. The SMILES string of the molecule is CN(Cc1csc(-c2ccccc2F)n1)CC(C)(C)O. The molecule has 2 rings (SSSR count). The molecule has 1 aromatic heterocycles. The summed E-state index contributed by atoms with van der Waals surface area (Å²) in [6, 6.07) is 6.65. The molecule has 2 aromatic rings. The van der Waals surface area contributed by atoms with E-state index in [1.54, 1.807) is 32.0 Å². The van der Waals surface area contributed by atoms with Crippen LogP contribution >= 0.6 is 11.3 Å². The van der Waals surface area contributed by atoms with Crippen molar-refractivity contribution in [3.05, 3.63) is 41.2 Å². The van der Waals surface area contributed by atoms with Crippen molar-refractivity contribution in [2.24, 2.45) is 0 Å². The van der Waals surface area contributed by atoms with Crippen LogP contribution in [0.3, 0.4) is 0 Å². The van der Waals surface area contributed by atoms with Gasteiger partial charge in [0.1, 0.15) is 10.8 Å². The summed E-state index contributed by atoms with van der Waals surface area (Å²) in [5, 5.41) is 12.4. The number of nitrogens with zero attached hydrogens (tertiary/aromatic N) is 2. The summed E-state index contributed by atoms with van der Waals surface area (Å²) in [5.41, 5.74) is 0.688. The van der Waals surface area contributed by atoms with Crippen molar-refractivity contribution in [3.8, 4) is 10.6 Å². The van der Waals surface area contributed by atoms with Crippen LogP contribution in [0.4, 0.5) is 4.39 Å². The maximum Gasteiger partial charge on any atom is 0.133 e. The average Bonchev–Trinajstić information content (AvgIpc) is 2.75. The number of likely N-dealkylation sites (N-methyl/N-ethyl adjacent to an activating group) is 1. The van der Waals surface area contributed by atoms with E-state index in [1.807, 2.05) is 17.3 Å². The molecule has 0 spiro atoms. The number of halogens is 1. The van der Waals surface area contributed by atoms with Gasteiger partial charge in [-0.05, 0) is 33.0 Å². The van der Waals surface area contributed by atoms with Crippen LogP contribution in [0, 0.1) is 5.82 Å². The Labute approximate surface area is 122 Å². The predicted octanol–water partition coefficient (Wildman–Crippen LogP) is 3.15. The van der Waals surface area contributed by atoms with E-state index in [9.17, 15) is 9.50 Å². The Bertz CT molecular complexity index is 577. The molecule has 0 aliphatic rings. The molecular weight excluding hydrogens is 275 g/mol. The van der Waals surface area contributed by atoms with Gasteiger partial charge in [0.2, 0.25) is 0 Å². The van der Waals surface area contributed by atoms with Gasteiger partial charge < -0.3 is 5.11 Å². The first-order valence-corrected chi connectivity index (χ1v) is 7.33. The summed E-state index contributed by atoms with van der Waals surface area (Å²) < 4.78 is 13.7. The van der Waals surface area contributed by atoms with Crippen LogP contribution in [0.1, 0.15) is 19.5 Å². The van der Waals surface area contributed by atoms with Crippen LogP contribution in [0.5, 0.6) is 0 Å². The standard InChI is InChI=1S/C15H19FN2OS/c1-15(2,19)10-18(3)8-11-9-20-14(17-11)12-6-4-5-7-13(12)16/h4-7,9,19H,8,10H2,1-3H3. The van der Waals surface area contributed by atoms with Crippen molar-refractivity contribution >= 4 is 11.3 Å². The summed E-state index contributed by atoms with van der Waals surface area (Å²) in [4.78, 5) is 6.47. The van der Waals surface area contributed by atoms with Gasteiger partial charge >= 0.3 is 0 Å². The van der Waals surface area contributed by atoms with E-state index < -0.39 is 5.60 Å². The van der Waals surface area contributed by atoms with Gasteiger partial charge in [-0.3, -0.25) is 4.90 Å². The molecule has 0 atom stereocenters. The van der Waals surface area contributed by atoms with Gasteiger partial charge in [-0.25, -0.2) is 9.37 Å². The van der Waals surface area contributed by atoms with Crippen molar-refractivity contribution in [1.82, 2.24) is 9.88 Å². The Hall–Kier alpha value is -1.30. The molecule has 0 aliphatic carbocycles. The van der Waals surface area contributed by atoms with Crippen LogP contribution in [0.2, 0.25) is 0 Å². The van der Waals surface area contributed by atoms with Crippen LogP contribution in [-0.4, -0.2) is 34.2 Å². The van der Waals surface area contributed by atoms with E-state index in [0.717, 1.165) is 5.69 Å². The van der Waals surface area contributed by atoms with Crippen molar-refractivity contribution in [2.75, 3.05) is 13.6 Å². The third-order valence-corrected chi connectivity index (χ3v) is 3.67. The summed E-state index contributed by atoms with van der Waals surface area (Å²) in [6.45, 7) is 4.74. The molecule has 0 fully saturated rings. The van der Waals surface area contributed by atoms with Gasteiger partial charge in [-0.1, -0.05) is 12.1 Å². The van der Waals surface area contributed by atoms with Gasteiger partial charge in [-0.15, -0.1) is 11.3 Å². The minimum atomic E-state index is -0.737. The van der Waals surface area contributed by atoms with E-state index in [2.05, 4.69) is 4.98 Å². The Kier molecular flexibility index (Phi) is 4.52. The summed E-state index contributed by atoms with van der Waals surface area (Å²) in [5.74, 6) is -0.252. The number of thiazole rings is 1. The number of rotatable bonds is 5. The molecule has 0 saturated carbocycles. The van der Waals surface area contributed by atoms with Gasteiger partial charge in [-0.2, -0.15) is 0 Å². The van der Waals surface area contributed by atoms with Crippen LogP contribution in [-0.2, 0) is 6.54 Å². The van der Waals surface area contributed by atoms with Gasteiger partial charge in [0.25, 0.3) is 0 Å². The minimum Gasteiger partial charge on any atom is -0.389 e. The lowest BCUT2D eigenvalue weighted by Gasteiger charge is -2.24. The van der Waals surface area contributed by atoms with Crippen molar-refractivity contribution in [1.29, 1.82) is 0 Å². The smallest absolute Gasteiger partial charge is 0.133 e. The van der Waals surface area contributed by atoms with Gasteiger partial charge in [0, 0.05) is 24.0 Å². The second-order valence-electron chi connectivity index (χ2n) is 5.61. The Morgan fingerprint density at radius 2 is 2.05 bits per heavy atom. The fraction of sp³-hybridized carbons (Fsp3) is 0.400. The van der Waals surface area contributed by atoms with E-state index in [0.29, 0.717) is 23.7 Å². The molecule has 0 amide bonds. The van der Waals surface area contributed by atoms with Crippen molar-refractivity contribution < 1.29 is 9.50 Å². The normalized spacial score (nSPS) is 12.1. The summed E-state index contributed by atoms with van der Waals surface area (Å²) >= 11 is 1.44. The highest BCUT2D eigenvalue weighted by atomic mass is 32.1. The number of aliphatic hydroxyl groups is 1. The molecule has 0 bridgehead atoms. The zero-order valence-electron chi connectivity index (χ0n) is 11.9. The van der Waals surface area contributed by atoms with E-state index in [1.165, 1.54) is 17.4 Å². The average molecular weight is 294 g/mol. The predicted molar refractivity (Wildman–Crippen MR) is 80.1 cm³/mol. The summed E-state index contributed by atoms with van der Waals surface area (Å²) in [6.07, 6.45) is 0. The fourth-order valence-electron chi connectivity index (χ4n) is 2.13. The number of hydrogen-bond donors (Lipinski definition) is 1. The van der Waals surface area contributed by atoms with Crippen LogP contribution in [0.25, 0.3) is 10.6 Å². The Morgan fingerprint density at radius 3 is 2.70 bits per heavy atom. The highest BCUT2D eigenvalue weighted by Crippen LogP contribution is 2.26. The molecule has 1 heterocycles. The minimum absolute atomic E-state index is 0.252. The van der Waals surface area contributed by atoms with Crippen molar-refractivity contribution in [2.45, 2.75) is 26.0 Å². The monoisotopic (exact) mass is 294 g/mol. The lowest BCUT2D eigenvalue weighted by Crippen LogP contribution is -2.35. The highest BCUT2D eigenvalue weighted by Gasteiger charge is 2.17. The Balaban J connectivity index is 2.08. The first-order chi connectivity index (χ1) is 9.35. The molecule has 0 saturated heterocycles. The molecule has 0 unspecified atom stereocenters. The maximum atomic E-state index is 13.7. The van der Waals surface area contributed by atoms with Crippen LogP contribution in [0.15, 0.2) is 29.6 Å². The van der Waals surface area contributed by atoms with Gasteiger partial charge in [0.05, 0.1) is 11.3 Å². The molecule has 3 nitrogen and oxygen atoms in total. The zero-order valence-corrected chi connectivity index (χ0v) is 12.7. The highest BCUT2D eigenvalue weighted by molar-refractivity contribution is 7.13. The second-order valence-corrected chi connectivity index (χ2v) is 6.47. The fourth-order valence-corrected chi connectivity index (χ4v) is 2.97. The van der Waals surface area contributed by atoms with E-state index >= 15 is 0 Å². The molecule has 1 N–H and O–H groups in total. The lowest BCUT2D eigenvalue weighted by molar-refractivity contribution is 0.0422. The van der Waals surface area contributed by atoms with Gasteiger partial charge in [0.15, 0.2) is 0 Å². The number of hydrogen-bond acceptors (Lipinski definition) is 4. The first kappa shape index (κ1) is 15.1. The second kappa shape index (κ2) is 5.99.